The first kappa shape index (κ1) is 25.8. The SMILES string of the molecule is Cc1ncc(NC(=O)CN2C[C@@H]3CC[C@H]2C3)cc1NC(=O)c1cnn2cc(-c3cnn(C4CCOCC4)c3)ncc12. The summed E-state index contributed by atoms with van der Waals surface area (Å²) in [4.78, 5) is 37.2. The van der Waals surface area contributed by atoms with Gasteiger partial charge in [0.05, 0.1) is 77.4 Å². The first-order chi connectivity index (χ1) is 20.0. The number of nitrogens with zero attached hydrogens (tertiary/aromatic N) is 7. The van der Waals surface area contributed by atoms with E-state index in [0.29, 0.717) is 46.8 Å². The van der Waals surface area contributed by atoms with Gasteiger partial charge in [-0.25, -0.2) is 4.52 Å². The highest BCUT2D eigenvalue weighted by atomic mass is 16.5. The van der Waals surface area contributed by atoms with Gasteiger partial charge >= 0.3 is 0 Å². The lowest BCUT2D eigenvalue weighted by Crippen LogP contribution is -2.38. The fourth-order valence-corrected chi connectivity index (χ4v) is 6.35. The highest BCUT2D eigenvalue weighted by molar-refractivity contribution is 6.09. The Labute approximate surface area is 237 Å². The molecule has 2 amide bonds. The van der Waals surface area contributed by atoms with Crippen molar-refractivity contribution in [1.82, 2.24) is 34.3 Å². The number of ether oxygens (including phenoxy) is 1. The van der Waals surface area contributed by atoms with Crippen LogP contribution in [-0.4, -0.2) is 78.4 Å². The summed E-state index contributed by atoms with van der Waals surface area (Å²) in [5, 5.41) is 14.8. The average molecular weight is 556 g/mol. The van der Waals surface area contributed by atoms with E-state index in [0.717, 1.165) is 49.8 Å². The van der Waals surface area contributed by atoms with Gasteiger partial charge in [-0.2, -0.15) is 10.2 Å². The van der Waals surface area contributed by atoms with Crippen molar-refractivity contribution in [2.24, 2.45) is 5.92 Å². The Morgan fingerprint density at radius 1 is 0.976 bits per heavy atom. The minimum absolute atomic E-state index is 0.0664. The van der Waals surface area contributed by atoms with Gasteiger partial charge in [-0.3, -0.25) is 29.1 Å². The van der Waals surface area contributed by atoms with Crippen LogP contribution in [-0.2, 0) is 9.53 Å². The number of hydrogen-bond acceptors (Lipinski definition) is 8. The van der Waals surface area contributed by atoms with Gasteiger partial charge in [-0.15, -0.1) is 0 Å². The Morgan fingerprint density at radius 3 is 2.66 bits per heavy atom. The molecule has 2 atom stereocenters. The number of carbonyl (C=O) groups is 2. The maximum atomic E-state index is 13.3. The Hall–Kier alpha value is -4.16. The number of aryl methyl sites for hydroxylation is 1. The molecule has 6 heterocycles. The van der Waals surface area contributed by atoms with Crippen LogP contribution in [0.5, 0.6) is 0 Å². The lowest BCUT2D eigenvalue weighted by molar-refractivity contribution is -0.117. The van der Waals surface area contributed by atoms with E-state index in [-0.39, 0.29) is 11.8 Å². The molecule has 4 aromatic rings. The molecule has 2 N–H and O–H groups in total. The molecule has 7 rings (SSSR count). The number of amides is 2. The molecule has 2 saturated heterocycles. The van der Waals surface area contributed by atoms with Crippen LogP contribution in [0.2, 0.25) is 0 Å². The number of likely N-dealkylation sites (tertiary alicyclic amines) is 1. The molecule has 3 aliphatic rings. The molecule has 212 valence electrons. The van der Waals surface area contributed by atoms with E-state index < -0.39 is 0 Å². The number of carbonyl (C=O) groups excluding carboxylic acids is 2. The zero-order valence-corrected chi connectivity index (χ0v) is 23.0. The van der Waals surface area contributed by atoms with Crippen LogP contribution in [0.25, 0.3) is 16.8 Å². The van der Waals surface area contributed by atoms with Crippen LogP contribution in [0, 0.1) is 12.8 Å². The van der Waals surface area contributed by atoms with E-state index in [2.05, 4.69) is 35.7 Å². The fraction of sp³-hybridized carbons (Fsp3) is 0.448. The highest BCUT2D eigenvalue weighted by Crippen LogP contribution is 2.37. The second kappa shape index (κ2) is 10.7. The molecule has 41 heavy (non-hydrogen) atoms. The van der Waals surface area contributed by atoms with Crippen LogP contribution in [0.3, 0.4) is 0 Å². The van der Waals surface area contributed by atoms with Crippen molar-refractivity contribution in [2.75, 3.05) is 36.9 Å². The van der Waals surface area contributed by atoms with Crippen molar-refractivity contribution in [3.8, 4) is 11.3 Å². The van der Waals surface area contributed by atoms with Gasteiger partial charge in [0, 0.05) is 37.6 Å². The number of pyridine rings is 1. The third-order valence-corrected chi connectivity index (χ3v) is 8.60. The van der Waals surface area contributed by atoms with Gasteiger partial charge in [-0.1, -0.05) is 0 Å². The molecule has 2 aliphatic heterocycles. The smallest absolute Gasteiger partial charge is 0.259 e. The molecular formula is C29H33N9O3. The molecule has 1 saturated carbocycles. The standard InChI is InChI=1S/C29H33N9O3/c1-18-25(9-21(11-30-18)34-28(39)17-36-14-19-2-3-23(36)8-19)35-29(40)24-12-33-38-16-26(31-13-27(24)38)20-10-32-37(15-20)22-4-6-41-7-5-22/h9-13,15-16,19,22-23H,2-8,14,17H2,1H3,(H,34,39)(H,35,40)/t19-,23+/m1/s1. The van der Waals surface area contributed by atoms with Crippen molar-refractivity contribution in [3.05, 3.63) is 54.5 Å². The van der Waals surface area contributed by atoms with Crippen molar-refractivity contribution in [1.29, 1.82) is 0 Å². The van der Waals surface area contributed by atoms with E-state index >= 15 is 0 Å². The number of rotatable bonds is 7. The fourth-order valence-electron chi connectivity index (χ4n) is 6.35. The van der Waals surface area contributed by atoms with E-state index in [1.54, 1.807) is 35.4 Å². The third kappa shape index (κ3) is 5.20. The Balaban J connectivity index is 1.03. The molecule has 12 heteroatoms. The largest absolute Gasteiger partial charge is 0.381 e. The van der Waals surface area contributed by atoms with E-state index in [1.165, 1.54) is 25.5 Å². The minimum atomic E-state index is -0.330. The van der Waals surface area contributed by atoms with E-state index in [9.17, 15) is 9.59 Å². The molecule has 3 fully saturated rings. The summed E-state index contributed by atoms with van der Waals surface area (Å²) < 4.78 is 9.09. The van der Waals surface area contributed by atoms with Crippen LogP contribution < -0.4 is 10.6 Å². The molecule has 0 spiro atoms. The number of fused-ring (bicyclic) bond motifs is 3. The van der Waals surface area contributed by atoms with E-state index in [1.807, 2.05) is 17.8 Å². The molecular weight excluding hydrogens is 522 g/mol. The number of aromatic nitrogens is 6. The summed E-state index contributed by atoms with van der Waals surface area (Å²) in [6.45, 7) is 4.69. The molecule has 0 radical (unpaired) electrons. The van der Waals surface area contributed by atoms with Crippen LogP contribution in [0.1, 0.15) is 54.2 Å². The normalized spacial score (nSPS) is 21.0. The summed E-state index contributed by atoms with van der Waals surface area (Å²) >= 11 is 0. The summed E-state index contributed by atoms with van der Waals surface area (Å²) in [6, 6.07) is 2.60. The maximum absolute atomic E-state index is 13.3. The second-order valence-corrected chi connectivity index (χ2v) is 11.3. The monoisotopic (exact) mass is 555 g/mol. The third-order valence-electron chi connectivity index (χ3n) is 8.60. The Morgan fingerprint density at radius 2 is 1.85 bits per heavy atom. The van der Waals surface area contributed by atoms with Gasteiger partial charge in [0.25, 0.3) is 5.91 Å². The van der Waals surface area contributed by atoms with Gasteiger partial charge in [0.15, 0.2) is 0 Å². The number of piperidine rings is 1. The lowest BCUT2D eigenvalue weighted by Gasteiger charge is -2.25. The number of nitrogens with one attached hydrogen (secondary N) is 2. The highest BCUT2D eigenvalue weighted by Gasteiger charge is 2.38. The van der Waals surface area contributed by atoms with Gasteiger partial charge in [0.2, 0.25) is 5.91 Å². The minimum Gasteiger partial charge on any atom is -0.381 e. The van der Waals surface area contributed by atoms with Crippen molar-refractivity contribution in [2.45, 2.75) is 51.1 Å². The summed E-state index contributed by atoms with van der Waals surface area (Å²) in [5.41, 5.74) is 4.29. The summed E-state index contributed by atoms with van der Waals surface area (Å²) in [5.74, 6) is 0.338. The van der Waals surface area contributed by atoms with Gasteiger partial charge < -0.3 is 15.4 Å². The van der Waals surface area contributed by atoms with Gasteiger partial charge in [-0.05, 0) is 51.0 Å². The second-order valence-electron chi connectivity index (χ2n) is 11.3. The molecule has 0 aromatic carbocycles. The molecule has 1 aliphatic carbocycles. The van der Waals surface area contributed by atoms with Crippen LogP contribution >= 0.6 is 0 Å². The Bertz CT molecular complexity index is 1610. The van der Waals surface area contributed by atoms with Crippen LogP contribution in [0.4, 0.5) is 11.4 Å². The van der Waals surface area contributed by atoms with Crippen molar-refractivity contribution < 1.29 is 14.3 Å². The molecule has 0 unspecified atom stereocenters. The zero-order chi connectivity index (χ0) is 27.9. The predicted molar refractivity (Wildman–Crippen MR) is 152 cm³/mol. The van der Waals surface area contributed by atoms with Crippen LogP contribution in [0.15, 0.2) is 43.2 Å². The lowest BCUT2D eigenvalue weighted by atomic mass is 10.1. The Kier molecular flexibility index (Phi) is 6.71. The quantitative estimate of drug-likeness (QED) is 0.355. The topological polar surface area (TPSA) is 132 Å². The molecule has 12 nitrogen and oxygen atoms in total. The summed E-state index contributed by atoms with van der Waals surface area (Å²) in [6.07, 6.45) is 15.9. The number of hydrogen-bond donors (Lipinski definition) is 2. The average Bonchev–Trinajstić information content (AvgIpc) is 3.79. The maximum Gasteiger partial charge on any atom is 0.259 e. The van der Waals surface area contributed by atoms with E-state index in [4.69, 9.17) is 4.74 Å². The molecule has 2 bridgehead atoms. The number of anilines is 2. The van der Waals surface area contributed by atoms with Crippen molar-refractivity contribution in [3.63, 3.8) is 0 Å². The predicted octanol–water partition coefficient (Wildman–Crippen LogP) is 3.32. The van der Waals surface area contributed by atoms with Crippen molar-refractivity contribution >= 4 is 28.7 Å². The molecule has 4 aromatic heterocycles. The summed E-state index contributed by atoms with van der Waals surface area (Å²) in [7, 11) is 0. The van der Waals surface area contributed by atoms with Gasteiger partial charge in [0.1, 0.15) is 0 Å². The zero-order valence-electron chi connectivity index (χ0n) is 23.0. The first-order valence-electron chi connectivity index (χ1n) is 14.3. The first-order valence-corrected chi connectivity index (χ1v) is 14.3.